The molecule has 0 unspecified atom stereocenters. The summed E-state index contributed by atoms with van der Waals surface area (Å²) in [6, 6.07) is 22.3. The Labute approximate surface area is 301 Å². The van der Waals surface area contributed by atoms with Gasteiger partial charge in [0.2, 0.25) is 5.89 Å². The molecule has 262 valence electrons. The third-order valence-corrected chi connectivity index (χ3v) is 10.5. The number of aliphatic hydroxyl groups is 1. The van der Waals surface area contributed by atoms with Gasteiger partial charge in [-0.25, -0.2) is 9.97 Å². The Hall–Kier alpha value is -5.67. The smallest absolute Gasteiger partial charge is 0.307 e. The summed E-state index contributed by atoms with van der Waals surface area (Å²) < 4.78 is 6.28. The van der Waals surface area contributed by atoms with Gasteiger partial charge in [0.1, 0.15) is 17.1 Å². The number of benzene rings is 3. The maximum absolute atomic E-state index is 11.5. The number of β-amino-alcohol motifs (C(OH)–C–C–N with tert-alkyl or cyclic N) is 1. The van der Waals surface area contributed by atoms with E-state index in [9.17, 15) is 20.3 Å². The summed E-state index contributed by atoms with van der Waals surface area (Å²) in [6.45, 7) is 8.18. The summed E-state index contributed by atoms with van der Waals surface area (Å²) in [5.41, 5.74) is 10.2. The molecule has 3 aromatic carbocycles. The van der Waals surface area contributed by atoms with Gasteiger partial charge in [0, 0.05) is 61.8 Å². The lowest BCUT2D eigenvalue weighted by molar-refractivity contribution is -0.141. The Balaban J connectivity index is 1.08. The molecule has 11 nitrogen and oxygen atoms in total. The van der Waals surface area contributed by atoms with Crippen molar-refractivity contribution < 1.29 is 19.4 Å². The van der Waals surface area contributed by atoms with Crippen molar-refractivity contribution in [3.05, 3.63) is 101 Å². The number of carboxylic acid groups (broad SMARTS) is 1. The van der Waals surface area contributed by atoms with E-state index in [0.717, 1.165) is 75.0 Å². The molecule has 11 heteroatoms. The monoisotopic (exact) mass is 693 g/mol. The molecule has 0 amide bonds. The molecule has 2 aliphatic rings. The largest absolute Gasteiger partial charge is 0.481 e. The number of pyridine rings is 2. The van der Waals surface area contributed by atoms with Gasteiger partial charge in [-0.2, -0.15) is 5.26 Å². The summed E-state index contributed by atoms with van der Waals surface area (Å²) in [4.78, 5) is 30.1. The zero-order valence-corrected chi connectivity index (χ0v) is 29.1. The number of carbonyl (C=O) groups is 1. The van der Waals surface area contributed by atoms with E-state index in [1.54, 1.807) is 0 Å². The van der Waals surface area contributed by atoms with Crippen molar-refractivity contribution in [3.8, 4) is 28.7 Å². The van der Waals surface area contributed by atoms with Crippen molar-refractivity contribution in [2.45, 2.75) is 45.9 Å². The fourth-order valence-corrected chi connectivity index (χ4v) is 7.73. The summed E-state index contributed by atoms with van der Waals surface area (Å²) in [5, 5.41) is 34.1. The second kappa shape index (κ2) is 13.8. The molecule has 2 aliphatic heterocycles. The van der Waals surface area contributed by atoms with Gasteiger partial charge >= 0.3 is 5.97 Å². The average Bonchev–Trinajstić information content (AvgIpc) is 3.90. The van der Waals surface area contributed by atoms with Crippen LogP contribution in [-0.2, 0) is 17.9 Å². The van der Waals surface area contributed by atoms with Gasteiger partial charge in [-0.05, 0) is 103 Å². The number of aliphatic hydroxyl groups excluding tert-OH is 1. The van der Waals surface area contributed by atoms with Crippen molar-refractivity contribution in [2.75, 3.05) is 31.5 Å². The van der Waals surface area contributed by atoms with E-state index in [0.29, 0.717) is 61.0 Å². The van der Waals surface area contributed by atoms with Gasteiger partial charge in [-0.1, -0.05) is 24.3 Å². The number of anilines is 2. The van der Waals surface area contributed by atoms with Crippen molar-refractivity contribution in [1.82, 2.24) is 24.8 Å². The molecule has 6 aromatic rings. The van der Waals surface area contributed by atoms with Crippen LogP contribution < -0.4 is 5.32 Å². The van der Waals surface area contributed by atoms with E-state index >= 15 is 0 Å². The standard InChI is InChI=1S/C41H39N7O4/c1-24-31(5-3-7-33(24)40-46-36-18-26(17-29(19-42)38(36)52-40)20-47-15-11-28(22-47)41(50)51)32-6-4-8-35(25(32)2)45-39-37-34(10-14-44-39)27(9-13-43-37)21-48-16-12-30(49)23-48/h3-10,13-14,17-18,28,30,49H,11-12,15-16,20-23H2,1-2H3,(H,44,45)(H,50,51)/t28-,30-/m0/s1. The quantitative estimate of drug-likeness (QED) is 0.146. The van der Waals surface area contributed by atoms with Gasteiger partial charge < -0.3 is 19.9 Å². The number of hydrogen-bond acceptors (Lipinski definition) is 10. The van der Waals surface area contributed by atoms with Crippen LogP contribution in [0.2, 0.25) is 0 Å². The normalized spacial score (nSPS) is 18.0. The van der Waals surface area contributed by atoms with Gasteiger partial charge in [-0.15, -0.1) is 0 Å². The van der Waals surface area contributed by atoms with E-state index in [4.69, 9.17) is 14.4 Å². The van der Waals surface area contributed by atoms with Crippen LogP contribution in [0.5, 0.6) is 0 Å². The van der Waals surface area contributed by atoms with E-state index in [2.05, 4.69) is 52.2 Å². The minimum Gasteiger partial charge on any atom is -0.481 e. The van der Waals surface area contributed by atoms with Gasteiger partial charge in [0.05, 0.1) is 17.6 Å². The number of oxazole rings is 1. The Kier molecular flexibility index (Phi) is 8.89. The van der Waals surface area contributed by atoms with E-state index in [1.165, 1.54) is 0 Å². The highest BCUT2D eigenvalue weighted by atomic mass is 16.4. The molecule has 0 spiro atoms. The fourth-order valence-electron chi connectivity index (χ4n) is 7.73. The molecule has 2 saturated heterocycles. The van der Waals surface area contributed by atoms with Gasteiger partial charge in [0.15, 0.2) is 11.4 Å². The molecule has 0 saturated carbocycles. The highest BCUT2D eigenvalue weighted by Crippen LogP contribution is 2.38. The molecular weight excluding hydrogens is 654 g/mol. The predicted molar refractivity (Wildman–Crippen MR) is 199 cm³/mol. The lowest BCUT2D eigenvalue weighted by Crippen LogP contribution is -2.22. The third-order valence-electron chi connectivity index (χ3n) is 10.5. The number of aromatic nitrogens is 3. The van der Waals surface area contributed by atoms with Crippen molar-refractivity contribution in [1.29, 1.82) is 5.26 Å². The highest BCUT2D eigenvalue weighted by molar-refractivity contribution is 5.93. The zero-order valence-electron chi connectivity index (χ0n) is 29.1. The fraction of sp³-hybridized carbons (Fsp3) is 0.293. The Morgan fingerprint density at radius 1 is 0.942 bits per heavy atom. The molecule has 2 fully saturated rings. The summed E-state index contributed by atoms with van der Waals surface area (Å²) in [7, 11) is 0. The Bertz CT molecular complexity index is 2380. The summed E-state index contributed by atoms with van der Waals surface area (Å²) in [5.74, 6) is -0.0174. The van der Waals surface area contributed by atoms with Crippen molar-refractivity contribution >= 4 is 39.5 Å². The minimum atomic E-state index is -0.767. The molecule has 3 aromatic heterocycles. The molecule has 0 radical (unpaired) electrons. The molecule has 3 N–H and O–H groups in total. The Morgan fingerprint density at radius 2 is 1.69 bits per heavy atom. The van der Waals surface area contributed by atoms with Crippen LogP contribution in [0.3, 0.4) is 0 Å². The van der Waals surface area contributed by atoms with Crippen LogP contribution in [0, 0.1) is 31.1 Å². The number of fused-ring (bicyclic) bond motifs is 2. The first-order valence-electron chi connectivity index (χ1n) is 17.6. The number of carboxylic acids is 1. The molecule has 0 aliphatic carbocycles. The number of nitrogens with zero attached hydrogens (tertiary/aromatic N) is 6. The molecule has 8 rings (SSSR count). The van der Waals surface area contributed by atoms with E-state index < -0.39 is 5.97 Å². The molecule has 0 bridgehead atoms. The number of hydrogen-bond donors (Lipinski definition) is 3. The highest BCUT2D eigenvalue weighted by Gasteiger charge is 2.28. The number of aliphatic carboxylic acids is 1. The number of rotatable bonds is 9. The second-order valence-electron chi connectivity index (χ2n) is 14.0. The minimum absolute atomic E-state index is 0.270. The first kappa shape index (κ1) is 33.5. The molecule has 5 heterocycles. The number of nitriles is 1. The van der Waals surface area contributed by atoms with Crippen LogP contribution in [0.15, 0.2) is 77.5 Å². The van der Waals surface area contributed by atoms with Crippen LogP contribution >= 0.6 is 0 Å². The first-order chi connectivity index (χ1) is 25.2. The summed E-state index contributed by atoms with van der Waals surface area (Å²) in [6.07, 6.45) is 4.78. The van der Waals surface area contributed by atoms with Crippen LogP contribution in [0.25, 0.3) is 44.6 Å². The SMILES string of the molecule is Cc1c(Nc2nccc3c(CN4CC[C@H](O)C4)ccnc23)cccc1-c1cccc(-c2nc3cc(CN4CC[C@H](C(=O)O)C4)cc(C#N)c3o2)c1C. The maximum Gasteiger partial charge on any atom is 0.307 e. The molecule has 2 atom stereocenters. The lowest BCUT2D eigenvalue weighted by atomic mass is 9.93. The molecule has 52 heavy (non-hydrogen) atoms. The van der Waals surface area contributed by atoms with E-state index in [-0.39, 0.29) is 12.0 Å². The predicted octanol–water partition coefficient (Wildman–Crippen LogP) is 6.81. The van der Waals surface area contributed by atoms with Gasteiger partial charge in [0.25, 0.3) is 0 Å². The van der Waals surface area contributed by atoms with Crippen LogP contribution in [-0.4, -0.2) is 73.2 Å². The number of nitrogens with one attached hydrogen (secondary N) is 1. The van der Waals surface area contributed by atoms with Crippen LogP contribution in [0.4, 0.5) is 11.5 Å². The molecular formula is C41H39N7O4. The van der Waals surface area contributed by atoms with Gasteiger partial charge in [-0.3, -0.25) is 19.6 Å². The topological polar surface area (TPSA) is 152 Å². The first-order valence-corrected chi connectivity index (χ1v) is 17.6. The lowest BCUT2D eigenvalue weighted by Gasteiger charge is -2.18. The van der Waals surface area contributed by atoms with Crippen molar-refractivity contribution in [2.24, 2.45) is 5.92 Å². The maximum atomic E-state index is 11.5. The second-order valence-corrected chi connectivity index (χ2v) is 14.0. The Morgan fingerprint density at radius 3 is 2.46 bits per heavy atom. The van der Waals surface area contributed by atoms with Crippen molar-refractivity contribution in [3.63, 3.8) is 0 Å². The third kappa shape index (κ3) is 6.37. The zero-order chi connectivity index (χ0) is 35.9. The summed E-state index contributed by atoms with van der Waals surface area (Å²) >= 11 is 0. The van der Waals surface area contributed by atoms with Crippen LogP contribution in [0.1, 0.15) is 40.7 Å². The average molecular weight is 694 g/mol. The van der Waals surface area contributed by atoms with E-state index in [1.807, 2.05) is 60.9 Å². The number of likely N-dealkylation sites (tertiary alicyclic amines) is 2.